The predicted molar refractivity (Wildman–Crippen MR) is 129 cm³/mol. The Morgan fingerprint density at radius 3 is 2.13 bits per heavy atom. The molecule has 0 amide bonds. The number of carbonyl (C=O) groups is 1. The van der Waals surface area contributed by atoms with Gasteiger partial charge in [-0.3, -0.25) is 0 Å². The molecule has 0 atom stereocenters. The number of hydrogen-bond donors (Lipinski definition) is 1. The van der Waals surface area contributed by atoms with Gasteiger partial charge in [-0.25, -0.2) is 4.79 Å². The fourth-order valence-electron chi connectivity index (χ4n) is 3.32. The van der Waals surface area contributed by atoms with Crippen molar-refractivity contribution in [1.82, 2.24) is 0 Å². The van der Waals surface area contributed by atoms with Gasteiger partial charge in [-0.05, 0) is 78.2 Å². The minimum atomic E-state index is -0.898. The average molecular weight is 435 g/mol. The second kappa shape index (κ2) is 9.85. The van der Waals surface area contributed by atoms with Crippen LogP contribution in [0.5, 0.6) is 0 Å². The molecule has 0 fully saturated rings. The molecule has 2 rings (SSSR count). The summed E-state index contributed by atoms with van der Waals surface area (Å²) in [4.78, 5) is 11.3. The van der Waals surface area contributed by atoms with Crippen molar-refractivity contribution in [2.75, 3.05) is 0 Å². The predicted octanol–water partition coefficient (Wildman–Crippen LogP) is 6.56. The fourth-order valence-corrected chi connectivity index (χ4v) is 3.99. The van der Waals surface area contributed by atoms with Crippen molar-refractivity contribution in [1.29, 1.82) is 0 Å². The molecule has 3 nitrogen and oxygen atoms in total. The highest BCUT2D eigenvalue weighted by molar-refractivity contribution is 6.31. The molecule has 164 valence electrons. The summed E-state index contributed by atoms with van der Waals surface area (Å²) in [6, 6.07) is 11.6. The lowest BCUT2D eigenvalue weighted by molar-refractivity contribution is 0.0695. The van der Waals surface area contributed by atoms with Crippen LogP contribution in [0, 0.1) is 11.8 Å². The normalized spacial score (nSPS) is 11.9. The van der Waals surface area contributed by atoms with Gasteiger partial charge in [-0.1, -0.05) is 59.4 Å². The summed E-state index contributed by atoms with van der Waals surface area (Å²) in [6.45, 7) is 17.2. The van der Waals surface area contributed by atoms with Crippen molar-refractivity contribution in [3.63, 3.8) is 0 Å². The largest absolute Gasteiger partial charge is 0.478 e. The van der Waals surface area contributed by atoms with Gasteiger partial charge in [0, 0.05) is 11.1 Å². The first kappa shape index (κ1) is 24.9. The Balaban J connectivity index is 2.37. The van der Waals surface area contributed by atoms with Crippen LogP contribution in [0.4, 0.5) is 0 Å². The van der Waals surface area contributed by atoms with E-state index in [0.29, 0.717) is 27.7 Å². The summed E-state index contributed by atoms with van der Waals surface area (Å²) in [6.07, 6.45) is 0.660. The molecule has 0 aromatic heterocycles. The van der Waals surface area contributed by atoms with Gasteiger partial charge < -0.3 is 9.53 Å². The highest BCUT2D eigenvalue weighted by atomic mass is 28.2. The number of aryl methyl sites for hydroxylation is 1. The third-order valence-corrected chi connectivity index (χ3v) is 6.23. The van der Waals surface area contributed by atoms with Crippen LogP contribution in [0.3, 0.4) is 0 Å². The van der Waals surface area contributed by atoms with Crippen molar-refractivity contribution >= 4 is 15.7 Å². The first-order valence-corrected chi connectivity index (χ1v) is 11.7. The zero-order chi connectivity index (χ0) is 23.4. The van der Waals surface area contributed by atoms with Gasteiger partial charge >= 0.3 is 5.97 Å². The lowest BCUT2D eigenvalue weighted by Gasteiger charge is -2.32. The number of aromatic carboxylic acids is 1. The summed E-state index contributed by atoms with van der Waals surface area (Å²) >= 11 is 0. The van der Waals surface area contributed by atoms with Crippen LogP contribution in [0.1, 0.15) is 99.5 Å². The molecular formula is C27H34O3Si. The number of carboxylic acids is 1. The van der Waals surface area contributed by atoms with E-state index in [-0.39, 0.29) is 10.6 Å². The van der Waals surface area contributed by atoms with Gasteiger partial charge in [0.25, 0.3) is 0 Å². The lowest BCUT2D eigenvalue weighted by Crippen LogP contribution is -2.29. The quantitative estimate of drug-likeness (QED) is 0.414. The molecule has 31 heavy (non-hydrogen) atoms. The summed E-state index contributed by atoms with van der Waals surface area (Å²) in [5.41, 5.74) is 4.98. The molecule has 0 saturated heterocycles. The van der Waals surface area contributed by atoms with E-state index in [0.717, 1.165) is 16.7 Å². The Labute approximate surface area is 190 Å². The third kappa shape index (κ3) is 6.82. The van der Waals surface area contributed by atoms with Crippen LogP contribution < -0.4 is 0 Å². The molecule has 2 aromatic carbocycles. The van der Waals surface area contributed by atoms with E-state index in [1.54, 1.807) is 12.1 Å². The Hall–Kier alpha value is -2.35. The van der Waals surface area contributed by atoms with Crippen LogP contribution in [0.25, 0.3) is 0 Å². The monoisotopic (exact) mass is 434 g/mol. The molecule has 0 bridgehead atoms. The highest BCUT2D eigenvalue weighted by Gasteiger charge is 2.28. The Bertz CT molecular complexity index is 1000. The third-order valence-electron chi connectivity index (χ3n) is 5.00. The van der Waals surface area contributed by atoms with Crippen molar-refractivity contribution in [2.45, 2.75) is 78.4 Å². The SMILES string of the molecule is CCc1cc(C#Cc2ccc(C(C)(C)O[Si]C(C)(C)C)c(C(C)C)c2)ccc1C(=O)O. The Morgan fingerprint density at radius 1 is 1.03 bits per heavy atom. The topological polar surface area (TPSA) is 46.5 Å². The Morgan fingerprint density at radius 2 is 1.61 bits per heavy atom. The smallest absolute Gasteiger partial charge is 0.335 e. The molecule has 0 saturated carbocycles. The van der Waals surface area contributed by atoms with Crippen LogP contribution >= 0.6 is 0 Å². The van der Waals surface area contributed by atoms with E-state index < -0.39 is 5.97 Å². The average Bonchev–Trinajstić information content (AvgIpc) is 2.69. The second-order valence-corrected chi connectivity index (χ2v) is 11.6. The van der Waals surface area contributed by atoms with Gasteiger partial charge in [0.05, 0.1) is 11.2 Å². The maximum atomic E-state index is 11.3. The van der Waals surface area contributed by atoms with Crippen LogP contribution in [-0.2, 0) is 16.4 Å². The highest BCUT2D eigenvalue weighted by Crippen LogP contribution is 2.34. The van der Waals surface area contributed by atoms with E-state index >= 15 is 0 Å². The molecule has 0 aliphatic carbocycles. The lowest BCUT2D eigenvalue weighted by atomic mass is 9.86. The van der Waals surface area contributed by atoms with Gasteiger partial charge in [-0.15, -0.1) is 0 Å². The molecular weight excluding hydrogens is 400 g/mol. The van der Waals surface area contributed by atoms with Gasteiger partial charge in [-0.2, -0.15) is 0 Å². The molecule has 0 spiro atoms. The summed E-state index contributed by atoms with van der Waals surface area (Å²) < 4.78 is 6.34. The first-order valence-electron chi connectivity index (χ1n) is 10.8. The van der Waals surface area contributed by atoms with Crippen molar-refractivity contribution in [3.05, 3.63) is 69.8 Å². The molecule has 1 N–H and O–H groups in total. The van der Waals surface area contributed by atoms with Crippen LogP contribution in [0.15, 0.2) is 36.4 Å². The summed E-state index contributed by atoms with van der Waals surface area (Å²) in [7, 11) is 0.413. The van der Waals surface area contributed by atoms with E-state index in [4.69, 9.17) is 4.43 Å². The number of rotatable bonds is 6. The second-order valence-electron chi connectivity index (χ2n) is 9.70. The number of benzene rings is 2. The molecule has 4 heteroatoms. The zero-order valence-corrected chi connectivity index (χ0v) is 21.0. The van der Waals surface area contributed by atoms with E-state index in [1.807, 2.05) is 19.1 Å². The molecule has 2 aromatic rings. The molecule has 0 aliphatic rings. The van der Waals surface area contributed by atoms with Gasteiger partial charge in [0.2, 0.25) is 9.76 Å². The Kier molecular flexibility index (Phi) is 7.91. The summed E-state index contributed by atoms with van der Waals surface area (Å²) in [5, 5.41) is 9.44. The standard InChI is InChI=1S/C27H34O3Si/c1-9-21-16-19(12-14-22(21)25(28)29)10-11-20-13-15-24(23(17-20)18(2)3)27(7,8)30-31-26(4,5)6/h12-18H,9H2,1-8H3,(H,28,29). The zero-order valence-electron chi connectivity index (χ0n) is 20.0. The number of carboxylic acid groups (broad SMARTS) is 1. The van der Waals surface area contributed by atoms with Crippen molar-refractivity contribution < 1.29 is 14.3 Å². The van der Waals surface area contributed by atoms with Crippen molar-refractivity contribution in [3.8, 4) is 11.8 Å². The van der Waals surface area contributed by atoms with E-state index in [2.05, 4.69) is 72.4 Å². The van der Waals surface area contributed by atoms with Crippen LogP contribution in [0.2, 0.25) is 5.04 Å². The maximum absolute atomic E-state index is 11.3. The van der Waals surface area contributed by atoms with Gasteiger partial charge in [0.15, 0.2) is 0 Å². The first-order chi connectivity index (χ1) is 14.3. The minimum Gasteiger partial charge on any atom is -0.478 e. The molecule has 0 heterocycles. The minimum absolute atomic E-state index is 0.133. The van der Waals surface area contributed by atoms with Gasteiger partial charge in [0.1, 0.15) is 0 Å². The van der Waals surface area contributed by atoms with Crippen molar-refractivity contribution in [2.24, 2.45) is 0 Å². The fraction of sp³-hybridized carbons (Fsp3) is 0.444. The molecule has 2 radical (unpaired) electrons. The maximum Gasteiger partial charge on any atom is 0.335 e. The van der Waals surface area contributed by atoms with E-state index in [9.17, 15) is 9.90 Å². The number of hydrogen-bond acceptors (Lipinski definition) is 2. The summed E-state index contributed by atoms with van der Waals surface area (Å²) in [5.74, 6) is 5.90. The molecule has 0 unspecified atom stereocenters. The van der Waals surface area contributed by atoms with Crippen LogP contribution in [-0.4, -0.2) is 20.8 Å². The molecule has 0 aliphatic heterocycles. The van der Waals surface area contributed by atoms with E-state index in [1.165, 1.54) is 11.1 Å².